The van der Waals surface area contributed by atoms with Gasteiger partial charge >= 0.3 is 0 Å². The molecule has 1 aliphatic heterocycles. The van der Waals surface area contributed by atoms with Crippen molar-refractivity contribution >= 4 is 5.88 Å². The highest BCUT2D eigenvalue weighted by Crippen LogP contribution is 2.26. The van der Waals surface area contributed by atoms with Gasteiger partial charge in [-0.25, -0.2) is 0 Å². The Morgan fingerprint density at radius 2 is 1.43 bits per heavy atom. The van der Waals surface area contributed by atoms with Crippen LogP contribution in [0, 0.1) is 5.92 Å². The quantitative estimate of drug-likeness (QED) is 0.261. The molecule has 35 heavy (non-hydrogen) atoms. The second kappa shape index (κ2) is 11.9. The average Bonchev–Trinajstić information content (AvgIpc) is 3.41. The number of hydrogen-bond donors (Lipinski definition) is 0. The topological polar surface area (TPSA) is 32.5 Å². The molecular weight excluding hydrogens is 430 g/mol. The van der Waals surface area contributed by atoms with E-state index in [2.05, 4.69) is 93.8 Å². The summed E-state index contributed by atoms with van der Waals surface area (Å²) in [5, 5.41) is 4.36. The fourth-order valence-corrected chi connectivity index (χ4v) is 5.08. The summed E-state index contributed by atoms with van der Waals surface area (Å²) < 4.78 is 5.83. The van der Waals surface area contributed by atoms with Crippen molar-refractivity contribution in [3.05, 3.63) is 108 Å². The molecule has 5 rings (SSSR count). The first-order chi connectivity index (χ1) is 17.3. The van der Waals surface area contributed by atoms with E-state index in [4.69, 9.17) is 4.52 Å². The number of hydrogen-bond acceptors (Lipinski definition) is 4. The van der Waals surface area contributed by atoms with Gasteiger partial charge in [-0.05, 0) is 62.4 Å². The van der Waals surface area contributed by atoms with Gasteiger partial charge in [0, 0.05) is 24.7 Å². The molecule has 0 N–H and O–H groups in total. The van der Waals surface area contributed by atoms with Crippen molar-refractivity contribution in [1.29, 1.82) is 0 Å². The Labute approximate surface area is 209 Å². The maximum absolute atomic E-state index is 5.83. The maximum atomic E-state index is 5.83. The molecule has 0 radical (unpaired) electrons. The van der Waals surface area contributed by atoms with Crippen LogP contribution in [0.25, 0.3) is 11.3 Å². The molecule has 3 aromatic carbocycles. The molecule has 1 aliphatic rings. The maximum Gasteiger partial charge on any atom is 0.228 e. The number of aromatic nitrogens is 1. The third-order valence-corrected chi connectivity index (χ3v) is 7.07. The first-order valence-electron chi connectivity index (χ1n) is 12.9. The minimum atomic E-state index is 0.814. The summed E-state index contributed by atoms with van der Waals surface area (Å²) in [5.41, 5.74) is 4.73. The Morgan fingerprint density at radius 3 is 2.11 bits per heavy atom. The van der Waals surface area contributed by atoms with Gasteiger partial charge in [0.15, 0.2) is 0 Å². The summed E-state index contributed by atoms with van der Waals surface area (Å²) in [7, 11) is 0. The molecule has 4 nitrogen and oxygen atoms in total. The molecule has 1 saturated heterocycles. The molecule has 0 atom stereocenters. The molecule has 0 saturated carbocycles. The van der Waals surface area contributed by atoms with Crippen LogP contribution in [0.4, 0.5) is 5.88 Å². The van der Waals surface area contributed by atoms with Crippen molar-refractivity contribution in [3.63, 3.8) is 0 Å². The molecule has 1 fully saturated rings. The molecular formula is C31H35N3O. The lowest BCUT2D eigenvalue weighted by Crippen LogP contribution is -2.36. The molecule has 1 aromatic heterocycles. The minimum Gasteiger partial charge on any atom is -0.338 e. The fraction of sp³-hybridized carbons (Fsp3) is 0.323. The highest BCUT2D eigenvalue weighted by Gasteiger charge is 2.20. The number of likely N-dealkylation sites (tertiary alicyclic amines) is 1. The van der Waals surface area contributed by atoms with E-state index in [0.717, 1.165) is 49.1 Å². The Balaban J connectivity index is 1.16. The van der Waals surface area contributed by atoms with Gasteiger partial charge in [0.25, 0.3) is 0 Å². The zero-order valence-electron chi connectivity index (χ0n) is 20.4. The largest absolute Gasteiger partial charge is 0.338 e. The predicted molar refractivity (Wildman–Crippen MR) is 143 cm³/mol. The summed E-state index contributed by atoms with van der Waals surface area (Å²) in [6.45, 7) is 5.31. The number of anilines is 1. The number of nitrogens with zero attached hydrogens (tertiary/aromatic N) is 3. The third-order valence-electron chi connectivity index (χ3n) is 7.07. The van der Waals surface area contributed by atoms with Crippen LogP contribution in [-0.2, 0) is 13.0 Å². The van der Waals surface area contributed by atoms with Crippen LogP contribution in [0.15, 0.2) is 102 Å². The van der Waals surface area contributed by atoms with Crippen LogP contribution in [-0.4, -0.2) is 36.2 Å². The van der Waals surface area contributed by atoms with Gasteiger partial charge in [-0.3, -0.25) is 0 Å². The van der Waals surface area contributed by atoms with Crippen molar-refractivity contribution in [1.82, 2.24) is 10.1 Å². The van der Waals surface area contributed by atoms with Crippen molar-refractivity contribution in [2.75, 3.05) is 31.1 Å². The second-order valence-corrected chi connectivity index (χ2v) is 9.65. The van der Waals surface area contributed by atoms with Gasteiger partial charge in [0.2, 0.25) is 5.88 Å². The van der Waals surface area contributed by atoms with Gasteiger partial charge in [-0.15, -0.1) is 0 Å². The summed E-state index contributed by atoms with van der Waals surface area (Å²) in [6, 6.07) is 33.9. The highest BCUT2D eigenvalue weighted by atomic mass is 16.5. The van der Waals surface area contributed by atoms with E-state index < -0.39 is 0 Å². The second-order valence-electron chi connectivity index (χ2n) is 9.65. The van der Waals surface area contributed by atoms with Crippen LogP contribution in [0.3, 0.4) is 0 Å². The average molecular weight is 466 g/mol. The summed E-state index contributed by atoms with van der Waals surface area (Å²) >= 11 is 0. The Morgan fingerprint density at radius 1 is 0.800 bits per heavy atom. The molecule has 0 unspecified atom stereocenters. The third kappa shape index (κ3) is 6.61. The normalized spacial score (nSPS) is 14.7. The van der Waals surface area contributed by atoms with Gasteiger partial charge in [0.05, 0.1) is 0 Å². The molecule has 180 valence electrons. The van der Waals surface area contributed by atoms with Crippen LogP contribution >= 0.6 is 0 Å². The van der Waals surface area contributed by atoms with Gasteiger partial charge in [0.1, 0.15) is 5.69 Å². The Hall–Kier alpha value is -3.37. The first-order valence-corrected chi connectivity index (χ1v) is 12.9. The van der Waals surface area contributed by atoms with Crippen molar-refractivity contribution in [2.45, 2.75) is 32.2 Å². The van der Waals surface area contributed by atoms with Gasteiger partial charge in [-0.2, -0.15) is 0 Å². The van der Waals surface area contributed by atoms with E-state index in [1.165, 1.54) is 43.5 Å². The van der Waals surface area contributed by atoms with E-state index in [-0.39, 0.29) is 0 Å². The lowest BCUT2D eigenvalue weighted by molar-refractivity contribution is 0.182. The van der Waals surface area contributed by atoms with Crippen molar-refractivity contribution < 1.29 is 4.52 Å². The van der Waals surface area contributed by atoms with Gasteiger partial charge in [-0.1, -0.05) is 96.2 Å². The summed E-state index contributed by atoms with van der Waals surface area (Å²) in [6.07, 6.45) is 4.92. The lowest BCUT2D eigenvalue weighted by Gasteiger charge is -2.32. The molecule has 4 aromatic rings. The predicted octanol–water partition coefficient (Wildman–Crippen LogP) is 6.69. The number of piperidine rings is 1. The molecule has 0 spiro atoms. The van der Waals surface area contributed by atoms with E-state index in [0.29, 0.717) is 0 Å². The first kappa shape index (κ1) is 23.4. The highest BCUT2D eigenvalue weighted by molar-refractivity contribution is 5.61. The summed E-state index contributed by atoms with van der Waals surface area (Å²) in [5.74, 6) is 1.66. The zero-order chi connectivity index (χ0) is 23.7. The van der Waals surface area contributed by atoms with Gasteiger partial charge < -0.3 is 14.3 Å². The van der Waals surface area contributed by atoms with Crippen LogP contribution < -0.4 is 4.90 Å². The van der Waals surface area contributed by atoms with E-state index >= 15 is 0 Å². The molecule has 0 aliphatic carbocycles. The minimum absolute atomic E-state index is 0.814. The van der Waals surface area contributed by atoms with Crippen LogP contribution in [0.1, 0.15) is 30.4 Å². The molecule has 0 bridgehead atoms. The monoisotopic (exact) mass is 465 g/mol. The Kier molecular flexibility index (Phi) is 7.92. The number of rotatable bonds is 10. The van der Waals surface area contributed by atoms with Crippen molar-refractivity contribution in [3.8, 4) is 11.3 Å². The molecule has 4 heteroatoms. The molecule has 0 amide bonds. The SMILES string of the molecule is c1ccc(CC2CCN(CCCN(Cc3ccccc3)c3cc(-c4ccccc4)no3)CC2)cc1. The van der Waals surface area contributed by atoms with Crippen molar-refractivity contribution in [2.24, 2.45) is 5.92 Å². The smallest absolute Gasteiger partial charge is 0.228 e. The van der Waals surface area contributed by atoms with Crippen LogP contribution in [0.2, 0.25) is 0 Å². The van der Waals surface area contributed by atoms with Crippen LogP contribution in [0.5, 0.6) is 0 Å². The lowest BCUT2D eigenvalue weighted by atomic mass is 9.90. The van der Waals surface area contributed by atoms with E-state index in [1.54, 1.807) is 0 Å². The summed E-state index contributed by atoms with van der Waals surface area (Å²) in [4.78, 5) is 4.97. The van der Waals surface area contributed by atoms with E-state index in [1.807, 2.05) is 18.2 Å². The standard InChI is InChI=1S/C31H35N3O/c1-4-11-26(12-5-1)23-27-17-21-33(22-18-27)19-10-20-34(25-28-13-6-2-7-14-28)31-24-30(32-35-31)29-15-8-3-9-16-29/h1-9,11-16,24,27H,10,17-23,25H2. The Bertz CT molecular complexity index is 1140. The zero-order valence-corrected chi connectivity index (χ0v) is 20.4. The number of benzene rings is 3. The molecule has 2 heterocycles. The van der Waals surface area contributed by atoms with E-state index in [9.17, 15) is 0 Å². The fourth-order valence-electron chi connectivity index (χ4n) is 5.08.